The Hall–Kier alpha value is -3.16. The van der Waals surface area contributed by atoms with E-state index in [0.29, 0.717) is 43.4 Å². The van der Waals surface area contributed by atoms with Gasteiger partial charge in [-0.2, -0.15) is 0 Å². The minimum Gasteiger partial charge on any atom is -0.452 e. The molecule has 0 saturated carbocycles. The third-order valence-electron chi connectivity index (χ3n) is 5.21. The highest BCUT2D eigenvalue weighted by Gasteiger charge is 2.27. The van der Waals surface area contributed by atoms with Gasteiger partial charge in [0.05, 0.1) is 12.2 Å². The monoisotopic (exact) mass is 437 g/mol. The molecule has 0 aliphatic carbocycles. The maximum absolute atomic E-state index is 12.8. The smallest absolute Gasteiger partial charge is 0.239 e. The predicted molar refractivity (Wildman–Crippen MR) is 120 cm³/mol. The Kier molecular flexibility index (Phi) is 6.64. The molecular weight excluding hydrogens is 414 g/mol. The molecule has 160 valence electrons. The maximum Gasteiger partial charge on any atom is 0.239 e. The largest absolute Gasteiger partial charge is 0.452 e. The van der Waals surface area contributed by atoms with E-state index in [1.807, 2.05) is 59.5 Å². The van der Waals surface area contributed by atoms with Crippen molar-refractivity contribution in [3.8, 4) is 11.5 Å². The molecule has 1 fully saturated rings. The minimum atomic E-state index is -0.580. The summed E-state index contributed by atoms with van der Waals surface area (Å²) in [4.78, 5) is 25.3. The lowest BCUT2D eigenvalue weighted by Crippen LogP contribution is -2.53. The lowest BCUT2D eigenvalue weighted by molar-refractivity contribution is -0.132. The summed E-state index contributed by atoms with van der Waals surface area (Å²) in [6.07, 6.45) is 3.65. The van der Waals surface area contributed by atoms with Gasteiger partial charge in [0.15, 0.2) is 11.6 Å². The van der Waals surface area contributed by atoms with Gasteiger partial charge in [0.1, 0.15) is 12.1 Å². The van der Waals surface area contributed by atoms with Crippen molar-refractivity contribution in [1.82, 2.24) is 14.9 Å². The van der Waals surface area contributed by atoms with E-state index < -0.39 is 6.04 Å². The second-order valence-corrected chi connectivity index (χ2v) is 7.81. The fraction of sp³-hybridized carbons (Fsp3) is 0.261. The molecule has 1 saturated heterocycles. The maximum atomic E-state index is 12.8. The topological polar surface area (TPSA) is 84.6 Å². The highest BCUT2D eigenvalue weighted by molar-refractivity contribution is 6.30. The van der Waals surface area contributed by atoms with E-state index in [2.05, 4.69) is 14.9 Å². The Morgan fingerprint density at radius 3 is 2.48 bits per heavy atom. The molecule has 4 rings (SSSR count). The Bertz CT molecular complexity index is 1010. The number of amides is 1. The second-order valence-electron chi connectivity index (χ2n) is 7.38. The van der Waals surface area contributed by atoms with Crippen molar-refractivity contribution in [1.29, 1.82) is 0 Å². The number of benzene rings is 2. The molecule has 1 amide bonds. The van der Waals surface area contributed by atoms with E-state index >= 15 is 0 Å². The number of rotatable bonds is 6. The van der Waals surface area contributed by atoms with Crippen LogP contribution >= 0.6 is 11.6 Å². The number of aromatic nitrogens is 2. The average molecular weight is 438 g/mol. The summed E-state index contributed by atoms with van der Waals surface area (Å²) >= 11 is 5.92. The van der Waals surface area contributed by atoms with Crippen LogP contribution < -0.4 is 15.4 Å². The molecule has 0 spiro atoms. The molecule has 0 radical (unpaired) electrons. The van der Waals surface area contributed by atoms with Crippen LogP contribution in [0.1, 0.15) is 5.56 Å². The first-order valence-electron chi connectivity index (χ1n) is 10.2. The van der Waals surface area contributed by atoms with Crippen molar-refractivity contribution < 1.29 is 9.53 Å². The number of piperazine rings is 1. The van der Waals surface area contributed by atoms with Crippen molar-refractivity contribution in [2.24, 2.45) is 5.73 Å². The van der Waals surface area contributed by atoms with E-state index in [4.69, 9.17) is 22.1 Å². The van der Waals surface area contributed by atoms with Gasteiger partial charge < -0.3 is 20.3 Å². The highest BCUT2D eigenvalue weighted by Crippen LogP contribution is 2.30. The van der Waals surface area contributed by atoms with E-state index in [0.717, 1.165) is 17.1 Å². The first-order chi connectivity index (χ1) is 15.1. The van der Waals surface area contributed by atoms with Crippen LogP contribution in [0.4, 0.5) is 5.82 Å². The summed E-state index contributed by atoms with van der Waals surface area (Å²) < 4.78 is 5.97. The van der Waals surface area contributed by atoms with Crippen LogP contribution in [-0.4, -0.2) is 53.0 Å². The lowest BCUT2D eigenvalue weighted by Gasteiger charge is -2.36. The molecule has 1 aliphatic heterocycles. The molecule has 2 N–H and O–H groups in total. The summed E-state index contributed by atoms with van der Waals surface area (Å²) in [5, 5.41) is 0.667. The summed E-state index contributed by atoms with van der Waals surface area (Å²) in [6, 6.07) is 16.4. The van der Waals surface area contributed by atoms with Gasteiger partial charge in [0.2, 0.25) is 5.91 Å². The third kappa shape index (κ3) is 5.31. The second kappa shape index (κ2) is 9.76. The van der Waals surface area contributed by atoms with Crippen LogP contribution in [0.25, 0.3) is 0 Å². The number of carbonyl (C=O) groups excluding carboxylic acids is 1. The molecular formula is C23H24ClN5O2. The van der Waals surface area contributed by atoms with Crippen LogP contribution in [0.15, 0.2) is 67.1 Å². The molecule has 2 heterocycles. The SMILES string of the molecule is NC(Cc1ccc(Cl)cc1)C(=O)N1CCN(c2ncncc2Oc2ccccc2)CC1. The Balaban J connectivity index is 1.36. The standard InChI is InChI=1S/C23H24ClN5O2/c24-18-8-6-17(7-9-18)14-20(25)23(30)29-12-10-28(11-13-29)22-21(15-26-16-27-22)31-19-4-2-1-3-5-19/h1-9,15-16,20H,10-14,25H2. The zero-order valence-corrected chi connectivity index (χ0v) is 17.8. The fourth-order valence-electron chi connectivity index (χ4n) is 3.57. The zero-order chi connectivity index (χ0) is 21.6. The van der Waals surface area contributed by atoms with Gasteiger partial charge in [-0.1, -0.05) is 41.9 Å². The summed E-state index contributed by atoms with van der Waals surface area (Å²) in [6.45, 7) is 2.42. The number of nitrogens with zero attached hydrogens (tertiary/aromatic N) is 4. The quantitative estimate of drug-likeness (QED) is 0.637. The first-order valence-corrected chi connectivity index (χ1v) is 10.5. The Labute approximate surface area is 186 Å². The number of nitrogens with two attached hydrogens (primary N) is 1. The van der Waals surface area contributed by atoms with Crippen molar-refractivity contribution in [3.63, 3.8) is 0 Å². The molecule has 1 aromatic heterocycles. The molecule has 1 atom stereocenters. The average Bonchev–Trinajstić information content (AvgIpc) is 2.81. The summed E-state index contributed by atoms with van der Waals surface area (Å²) in [5.74, 6) is 1.99. The van der Waals surface area contributed by atoms with Gasteiger partial charge in [-0.05, 0) is 36.2 Å². The molecule has 2 aromatic carbocycles. The molecule has 3 aromatic rings. The van der Waals surface area contributed by atoms with Gasteiger partial charge in [0, 0.05) is 31.2 Å². The highest BCUT2D eigenvalue weighted by atomic mass is 35.5. The van der Waals surface area contributed by atoms with Crippen molar-refractivity contribution in [3.05, 3.63) is 77.7 Å². The van der Waals surface area contributed by atoms with Crippen molar-refractivity contribution >= 4 is 23.3 Å². The van der Waals surface area contributed by atoms with Crippen molar-refractivity contribution in [2.45, 2.75) is 12.5 Å². The molecule has 7 nitrogen and oxygen atoms in total. The van der Waals surface area contributed by atoms with Gasteiger partial charge >= 0.3 is 0 Å². The van der Waals surface area contributed by atoms with Crippen LogP contribution in [0.5, 0.6) is 11.5 Å². The van der Waals surface area contributed by atoms with Crippen molar-refractivity contribution in [2.75, 3.05) is 31.1 Å². The number of ether oxygens (including phenoxy) is 1. The molecule has 31 heavy (non-hydrogen) atoms. The van der Waals surface area contributed by atoms with Crippen LogP contribution in [0, 0.1) is 0 Å². The number of anilines is 1. The van der Waals surface area contributed by atoms with E-state index in [1.54, 1.807) is 6.20 Å². The fourth-order valence-corrected chi connectivity index (χ4v) is 3.70. The third-order valence-corrected chi connectivity index (χ3v) is 5.46. The van der Waals surface area contributed by atoms with Gasteiger partial charge in [0.25, 0.3) is 0 Å². The molecule has 1 unspecified atom stereocenters. The van der Waals surface area contributed by atoms with E-state index in [-0.39, 0.29) is 5.91 Å². The number of para-hydroxylation sites is 1. The summed E-state index contributed by atoms with van der Waals surface area (Å²) in [7, 11) is 0. The molecule has 8 heteroatoms. The van der Waals surface area contributed by atoms with E-state index in [9.17, 15) is 4.79 Å². The lowest BCUT2D eigenvalue weighted by atomic mass is 10.1. The normalized spacial score (nSPS) is 14.9. The molecule has 1 aliphatic rings. The molecule has 0 bridgehead atoms. The first kappa shape index (κ1) is 21.1. The van der Waals surface area contributed by atoms with Crippen LogP contribution in [0.2, 0.25) is 5.02 Å². The number of hydrogen-bond acceptors (Lipinski definition) is 6. The minimum absolute atomic E-state index is 0.0435. The number of carbonyl (C=O) groups is 1. The Morgan fingerprint density at radius 1 is 1.06 bits per heavy atom. The van der Waals surface area contributed by atoms with E-state index in [1.165, 1.54) is 6.33 Å². The van der Waals surface area contributed by atoms with Gasteiger partial charge in [-0.25, -0.2) is 9.97 Å². The van der Waals surface area contributed by atoms with Gasteiger partial charge in [-0.15, -0.1) is 0 Å². The Morgan fingerprint density at radius 2 is 1.77 bits per heavy atom. The number of hydrogen-bond donors (Lipinski definition) is 1. The van der Waals surface area contributed by atoms with Crippen LogP contribution in [0.3, 0.4) is 0 Å². The van der Waals surface area contributed by atoms with Gasteiger partial charge in [-0.3, -0.25) is 4.79 Å². The zero-order valence-electron chi connectivity index (χ0n) is 17.0. The predicted octanol–water partition coefficient (Wildman–Crippen LogP) is 3.14. The van der Waals surface area contributed by atoms with Crippen LogP contribution in [-0.2, 0) is 11.2 Å². The summed E-state index contributed by atoms with van der Waals surface area (Å²) in [5.41, 5.74) is 7.19. The number of halogens is 1.